The number of hydrogen-bond acceptors (Lipinski definition) is 3. The monoisotopic (exact) mass is 323 g/mol. The minimum absolute atomic E-state index is 0.124. The van der Waals surface area contributed by atoms with Gasteiger partial charge in [-0.05, 0) is 42.9 Å². The minimum Gasteiger partial charge on any atom is -0.445 e. The molecule has 4 rings (SSSR count). The summed E-state index contributed by atoms with van der Waals surface area (Å²) in [5.74, 6) is 0. The van der Waals surface area contributed by atoms with E-state index in [4.69, 9.17) is 4.74 Å². The second-order valence-electron chi connectivity index (χ2n) is 6.47. The van der Waals surface area contributed by atoms with Gasteiger partial charge in [-0.3, -0.25) is 10.00 Å². The highest BCUT2D eigenvalue weighted by Crippen LogP contribution is 2.36. The zero-order valence-corrected chi connectivity index (χ0v) is 13.5. The molecule has 1 saturated heterocycles. The van der Waals surface area contributed by atoms with Gasteiger partial charge in [0.1, 0.15) is 6.61 Å². The highest BCUT2D eigenvalue weighted by Gasteiger charge is 2.38. The van der Waals surface area contributed by atoms with Crippen molar-refractivity contribution in [3.63, 3.8) is 0 Å². The normalized spacial score (nSPS) is 22.8. The van der Waals surface area contributed by atoms with E-state index >= 15 is 0 Å². The van der Waals surface area contributed by atoms with Crippen LogP contribution in [0.3, 0.4) is 0 Å². The van der Waals surface area contributed by atoms with Gasteiger partial charge < -0.3 is 4.74 Å². The summed E-state index contributed by atoms with van der Waals surface area (Å²) in [7, 11) is 0. The molecule has 2 bridgehead atoms. The van der Waals surface area contributed by atoms with E-state index in [-0.39, 0.29) is 18.2 Å². The van der Waals surface area contributed by atoms with E-state index in [0.29, 0.717) is 6.61 Å². The lowest BCUT2D eigenvalue weighted by Crippen LogP contribution is -2.51. The van der Waals surface area contributed by atoms with Crippen LogP contribution in [0.5, 0.6) is 0 Å². The molecular weight excluding hydrogens is 302 g/mol. The maximum atomic E-state index is 12.6. The van der Waals surface area contributed by atoms with Crippen molar-refractivity contribution in [1.82, 2.24) is 15.1 Å². The van der Waals surface area contributed by atoms with Gasteiger partial charge in [0.05, 0.1) is 11.7 Å². The molecule has 1 aromatic carbocycles. The second-order valence-corrected chi connectivity index (χ2v) is 6.47. The molecule has 1 amide bonds. The molecule has 24 heavy (non-hydrogen) atoms. The van der Waals surface area contributed by atoms with E-state index in [0.717, 1.165) is 36.9 Å². The first-order chi connectivity index (χ1) is 11.8. The number of nitrogens with one attached hydrogen (secondary N) is 1. The molecule has 2 aliphatic rings. The third-order valence-electron chi connectivity index (χ3n) is 4.90. The molecule has 2 unspecified atom stereocenters. The first kappa shape index (κ1) is 15.0. The molecule has 1 N–H and O–H groups in total. The van der Waals surface area contributed by atoms with Crippen LogP contribution in [0.1, 0.15) is 36.9 Å². The zero-order chi connectivity index (χ0) is 16.4. The maximum absolute atomic E-state index is 12.6. The predicted molar refractivity (Wildman–Crippen MR) is 91.1 cm³/mol. The SMILES string of the molecule is O=C(OCc1ccccc1)N1C2C=C(c3ccn[nH]3)CC1CCC2. The number of H-pyrrole nitrogens is 1. The standard InChI is InChI=1S/C19H21N3O2/c23-19(24-13-14-5-2-1-3-6-14)22-16-7-4-8-17(22)12-15(11-16)18-9-10-20-21-18/h1-3,5-6,9-11,16-17H,4,7-8,12-13H2,(H,20,21). The topological polar surface area (TPSA) is 58.2 Å². The summed E-state index contributed by atoms with van der Waals surface area (Å²) in [4.78, 5) is 14.6. The molecule has 3 heterocycles. The van der Waals surface area contributed by atoms with E-state index in [9.17, 15) is 4.79 Å². The first-order valence-electron chi connectivity index (χ1n) is 8.51. The number of piperidine rings is 1. The molecule has 0 spiro atoms. The van der Waals surface area contributed by atoms with Gasteiger partial charge in [-0.25, -0.2) is 4.79 Å². The highest BCUT2D eigenvalue weighted by atomic mass is 16.6. The Morgan fingerprint density at radius 3 is 2.88 bits per heavy atom. The van der Waals surface area contributed by atoms with Crippen LogP contribution in [0.2, 0.25) is 0 Å². The number of fused-ring (bicyclic) bond motifs is 2. The molecule has 124 valence electrons. The number of amides is 1. The maximum Gasteiger partial charge on any atom is 0.410 e. The van der Waals surface area contributed by atoms with Gasteiger partial charge in [-0.15, -0.1) is 0 Å². The third kappa shape index (κ3) is 2.94. The van der Waals surface area contributed by atoms with E-state index in [1.165, 1.54) is 5.57 Å². The van der Waals surface area contributed by atoms with Gasteiger partial charge in [0.15, 0.2) is 0 Å². The fraction of sp³-hybridized carbons (Fsp3) is 0.368. The average Bonchev–Trinajstić information content (AvgIpc) is 3.14. The average molecular weight is 323 g/mol. The Kier molecular flexibility index (Phi) is 4.07. The zero-order valence-electron chi connectivity index (χ0n) is 13.5. The number of nitrogens with zero attached hydrogens (tertiary/aromatic N) is 2. The highest BCUT2D eigenvalue weighted by molar-refractivity contribution is 5.73. The molecule has 0 aliphatic carbocycles. The van der Waals surface area contributed by atoms with Crippen LogP contribution in [-0.2, 0) is 11.3 Å². The molecule has 2 aliphatic heterocycles. The van der Waals surface area contributed by atoms with E-state index in [1.807, 2.05) is 41.3 Å². The van der Waals surface area contributed by atoms with Crippen LogP contribution < -0.4 is 0 Å². The Hall–Kier alpha value is -2.56. The summed E-state index contributed by atoms with van der Waals surface area (Å²) in [5.41, 5.74) is 3.33. The van der Waals surface area contributed by atoms with Crippen molar-refractivity contribution in [2.24, 2.45) is 0 Å². The van der Waals surface area contributed by atoms with Crippen LogP contribution in [0.25, 0.3) is 5.57 Å². The van der Waals surface area contributed by atoms with Crippen molar-refractivity contribution in [2.45, 2.75) is 44.4 Å². The van der Waals surface area contributed by atoms with Crippen LogP contribution in [-0.4, -0.2) is 33.3 Å². The summed E-state index contributed by atoms with van der Waals surface area (Å²) >= 11 is 0. The summed E-state index contributed by atoms with van der Waals surface area (Å²) < 4.78 is 5.57. The van der Waals surface area contributed by atoms with Crippen molar-refractivity contribution in [3.05, 3.63) is 59.9 Å². The Morgan fingerprint density at radius 2 is 2.12 bits per heavy atom. The number of hydrogen-bond donors (Lipinski definition) is 1. The van der Waals surface area contributed by atoms with Gasteiger partial charge in [0.25, 0.3) is 0 Å². The van der Waals surface area contributed by atoms with Crippen LogP contribution >= 0.6 is 0 Å². The third-order valence-corrected chi connectivity index (χ3v) is 4.90. The largest absolute Gasteiger partial charge is 0.445 e. The van der Waals surface area contributed by atoms with Crippen molar-refractivity contribution in [2.75, 3.05) is 0 Å². The quantitative estimate of drug-likeness (QED) is 0.935. The Balaban J connectivity index is 1.48. The Labute approximate surface area is 141 Å². The minimum atomic E-state index is -0.200. The van der Waals surface area contributed by atoms with Crippen LogP contribution in [0, 0.1) is 0 Å². The number of ether oxygens (including phenoxy) is 1. The van der Waals surface area contributed by atoms with Crippen molar-refractivity contribution >= 4 is 11.7 Å². The number of benzene rings is 1. The fourth-order valence-electron chi connectivity index (χ4n) is 3.74. The van der Waals surface area contributed by atoms with Gasteiger partial charge in [0, 0.05) is 12.2 Å². The number of aromatic nitrogens is 2. The first-order valence-corrected chi connectivity index (χ1v) is 8.51. The van der Waals surface area contributed by atoms with Crippen LogP contribution in [0.4, 0.5) is 4.79 Å². The number of carbonyl (C=O) groups excluding carboxylic acids is 1. The van der Waals surface area contributed by atoms with Gasteiger partial charge >= 0.3 is 6.09 Å². The smallest absolute Gasteiger partial charge is 0.410 e. The number of carbonyl (C=O) groups is 1. The molecule has 1 aromatic heterocycles. The van der Waals surface area contributed by atoms with Gasteiger partial charge in [-0.1, -0.05) is 36.4 Å². The molecule has 1 fully saturated rings. The Bertz CT molecular complexity index is 724. The summed E-state index contributed by atoms with van der Waals surface area (Å²) in [5, 5.41) is 7.07. The second kappa shape index (κ2) is 6.51. The lowest BCUT2D eigenvalue weighted by molar-refractivity contribution is 0.0510. The molecule has 0 radical (unpaired) electrons. The lowest BCUT2D eigenvalue weighted by atomic mass is 9.84. The van der Waals surface area contributed by atoms with Gasteiger partial charge in [0.2, 0.25) is 0 Å². The van der Waals surface area contributed by atoms with Crippen molar-refractivity contribution < 1.29 is 9.53 Å². The summed E-state index contributed by atoms with van der Waals surface area (Å²) in [6.07, 6.45) is 7.81. The molecule has 5 nitrogen and oxygen atoms in total. The van der Waals surface area contributed by atoms with E-state index in [1.54, 1.807) is 6.20 Å². The van der Waals surface area contributed by atoms with Crippen LogP contribution in [0.15, 0.2) is 48.7 Å². The fourth-order valence-corrected chi connectivity index (χ4v) is 3.74. The molecular formula is C19H21N3O2. The lowest BCUT2D eigenvalue weighted by Gasteiger charge is -2.44. The molecule has 5 heteroatoms. The van der Waals surface area contributed by atoms with E-state index in [2.05, 4.69) is 16.3 Å². The number of rotatable bonds is 3. The molecule has 0 saturated carbocycles. The van der Waals surface area contributed by atoms with Gasteiger partial charge in [-0.2, -0.15) is 5.10 Å². The summed E-state index contributed by atoms with van der Waals surface area (Å²) in [6.45, 7) is 0.326. The predicted octanol–water partition coefficient (Wildman–Crippen LogP) is 3.76. The molecule has 2 aromatic rings. The Morgan fingerprint density at radius 1 is 1.25 bits per heavy atom. The summed E-state index contributed by atoms with van der Waals surface area (Å²) in [6, 6.07) is 12.2. The van der Waals surface area contributed by atoms with E-state index < -0.39 is 0 Å². The molecule has 2 atom stereocenters. The number of aromatic amines is 1. The van der Waals surface area contributed by atoms with Crippen molar-refractivity contribution in [1.29, 1.82) is 0 Å². The van der Waals surface area contributed by atoms with Crippen molar-refractivity contribution in [3.8, 4) is 0 Å².